The molecular formula is C13H15N5O2. The summed E-state index contributed by atoms with van der Waals surface area (Å²) >= 11 is 0. The van der Waals surface area contributed by atoms with Crippen molar-refractivity contribution in [3.05, 3.63) is 30.4 Å². The highest BCUT2D eigenvalue weighted by Crippen LogP contribution is 2.13. The molecule has 1 atom stereocenters. The molecule has 3 heterocycles. The highest BCUT2D eigenvalue weighted by Gasteiger charge is 2.23. The molecule has 1 fully saturated rings. The maximum atomic E-state index is 11.8. The van der Waals surface area contributed by atoms with Gasteiger partial charge in [-0.2, -0.15) is 5.10 Å². The molecule has 7 heteroatoms. The van der Waals surface area contributed by atoms with Crippen molar-refractivity contribution < 1.29 is 9.53 Å². The van der Waals surface area contributed by atoms with E-state index >= 15 is 0 Å². The number of hydrogen-bond donors (Lipinski definition) is 2. The van der Waals surface area contributed by atoms with Crippen LogP contribution in [0.15, 0.2) is 24.5 Å². The molecule has 2 aromatic rings. The predicted molar refractivity (Wildman–Crippen MR) is 70.4 cm³/mol. The Morgan fingerprint density at radius 2 is 2.30 bits per heavy atom. The average molecular weight is 273 g/mol. The van der Waals surface area contributed by atoms with Gasteiger partial charge in [0.25, 0.3) is 0 Å². The first-order valence-corrected chi connectivity index (χ1v) is 6.54. The van der Waals surface area contributed by atoms with Crippen LogP contribution in [0.1, 0.15) is 18.7 Å². The van der Waals surface area contributed by atoms with Crippen LogP contribution in [0, 0.1) is 0 Å². The normalized spacial score (nSPS) is 18.1. The summed E-state index contributed by atoms with van der Waals surface area (Å²) in [5.74, 6) is 1.11. The Morgan fingerprint density at radius 1 is 1.45 bits per heavy atom. The maximum Gasteiger partial charge on any atom is 0.249 e. The quantitative estimate of drug-likeness (QED) is 0.853. The Labute approximate surface area is 115 Å². The molecule has 2 aromatic heterocycles. The van der Waals surface area contributed by atoms with Crippen LogP contribution < -0.4 is 5.32 Å². The van der Waals surface area contributed by atoms with Gasteiger partial charge in [-0.05, 0) is 25.0 Å². The number of amides is 1. The van der Waals surface area contributed by atoms with Gasteiger partial charge >= 0.3 is 0 Å². The lowest BCUT2D eigenvalue weighted by Crippen LogP contribution is -2.33. The van der Waals surface area contributed by atoms with E-state index in [1.807, 2.05) is 12.1 Å². The van der Waals surface area contributed by atoms with Gasteiger partial charge in [0.2, 0.25) is 5.91 Å². The lowest BCUT2D eigenvalue weighted by molar-refractivity contribution is -0.130. The second kappa shape index (κ2) is 5.79. The lowest BCUT2D eigenvalue weighted by Gasteiger charge is -2.08. The minimum atomic E-state index is -0.322. The van der Waals surface area contributed by atoms with Crippen molar-refractivity contribution >= 4 is 5.91 Å². The summed E-state index contributed by atoms with van der Waals surface area (Å²) in [5.41, 5.74) is 0.882. The standard InChI is InChI=1S/C13H15N5O2/c19-13(10-2-1-7-20-10)15-8-11-16-12(18-17-11)9-3-5-14-6-4-9/h3-6,10H,1-2,7-8H2,(H,15,19)(H,16,17,18)/t10-/m0/s1. The van der Waals surface area contributed by atoms with Gasteiger partial charge in [0.1, 0.15) is 11.9 Å². The van der Waals surface area contributed by atoms with Crippen LogP contribution in [-0.2, 0) is 16.1 Å². The minimum Gasteiger partial charge on any atom is -0.368 e. The van der Waals surface area contributed by atoms with Crippen molar-refractivity contribution in [1.82, 2.24) is 25.5 Å². The topological polar surface area (TPSA) is 92.8 Å². The fraction of sp³-hybridized carbons (Fsp3) is 0.385. The Bertz CT molecular complexity index is 577. The molecule has 1 amide bonds. The summed E-state index contributed by atoms with van der Waals surface area (Å²) < 4.78 is 5.31. The van der Waals surface area contributed by atoms with Gasteiger partial charge in [-0.1, -0.05) is 0 Å². The number of H-pyrrole nitrogens is 1. The first-order valence-electron chi connectivity index (χ1n) is 6.54. The van der Waals surface area contributed by atoms with E-state index in [1.165, 1.54) is 0 Å². The van der Waals surface area contributed by atoms with Gasteiger partial charge in [-0.25, -0.2) is 4.98 Å². The number of nitrogens with one attached hydrogen (secondary N) is 2. The Kier molecular flexibility index (Phi) is 3.69. The molecule has 3 rings (SSSR count). The molecule has 104 valence electrons. The molecule has 1 aliphatic heterocycles. The van der Waals surface area contributed by atoms with Crippen molar-refractivity contribution in [2.24, 2.45) is 0 Å². The number of aromatic amines is 1. The first kappa shape index (κ1) is 12.7. The molecule has 1 aliphatic rings. The van der Waals surface area contributed by atoms with Gasteiger partial charge < -0.3 is 10.1 Å². The fourth-order valence-corrected chi connectivity index (χ4v) is 2.07. The summed E-state index contributed by atoms with van der Waals surface area (Å²) in [6.45, 7) is 0.976. The van der Waals surface area contributed by atoms with Crippen LogP contribution in [0.4, 0.5) is 0 Å². The molecule has 20 heavy (non-hydrogen) atoms. The molecule has 0 radical (unpaired) electrons. The molecule has 0 spiro atoms. The third kappa shape index (κ3) is 2.83. The van der Waals surface area contributed by atoms with Crippen LogP contribution >= 0.6 is 0 Å². The summed E-state index contributed by atoms with van der Waals surface area (Å²) in [7, 11) is 0. The van der Waals surface area contributed by atoms with E-state index in [2.05, 4.69) is 25.5 Å². The maximum absolute atomic E-state index is 11.8. The van der Waals surface area contributed by atoms with Crippen molar-refractivity contribution in [1.29, 1.82) is 0 Å². The van der Waals surface area contributed by atoms with Gasteiger partial charge in [0.05, 0.1) is 6.54 Å². The average Bonchev–Trinajstić information content (AvgIpc) is 3.17. The predicted octanol–water partition coefficient (Wildman–Crippen LogP) is 0.662. The second-order valence-electron chi connectivity index (χ2n) is 4.56. The van der Waals surface area contributed by atoms with Crippen LogP contribution in [0.2, 0.25) is 0 Å². The monoisotopic (exact) mass is 273 g/mol. The minimum absolute atomic E-state index is 0.0932. The van der Waals surface area contributed by atoms with Crippen LogP contribution in [0.5, 0.6) is 0 Å². The highest BCUT2D eigenvalue weighted by atomic mass is 16.5. The molecule has 0 aromatic carbocycles. The van der Waals surface area contributed by atoms with Gasteiger partial charge in [-0.3, -0.25) is 14.9 Å². The number of ether oxygens (including phenoxy) is 1. The summed E-state index contributed by atoms with van der Waals surface area (Å²) in [5, 5.41) is 9.72. The molecular weight excluding hydrogens is 258 g/mol. The van der Waals surface area contributed by atoms with Gasteiger partial charge in [-0.15, -0.1) is 0 Å². The number of pyridine rings is 1. The number of carbonyl (C=O) groups excluding carboxylic acids is 1. The third-order valence-corrected chi connectivity index (χ3v) is 3.12. The molecule has 0 bridgehead atoms. The van der Waals surface area contributed by atoms with E-state index in [1.54, 1.807) is 12.4 Å². The van der Waals surface area contributed by atoms with Crippen LogP contribution in [0.3, 0.4) is 0 Å². The van der Waals surface area contributed by atoms with Crippen molar-refractivity contribution in [3.8, 4) is 11.4 Å². The van der Waals surface area contributed by atoms with E-state index in [0.717, 1.165) is 18.4 Å². The van der Waals surface area contributed by atoms with Gasteiger partial charge in [0, 0.05) is 24.6 Å². The first-order chi connectivity index (χ1) is 9.83. The fourth-order valence-electron chi connectivity index (χ4n) is 2.07. The number of hydrogen-bond acceptors (Lipinski definition) is 5. The van der Waals surface area contributed by atoms with E-state index in [9.17, 15) is 4.79 Å². The smallest absolute Gasteiger partial charge is 0.249 e. The summed E-state index contributed by atoms with van der Waals surface area (Å²) in [6, 6.07) is 3.66. The number of carbonyl (C=O) groups is 1. The molecule has 0 unspecified atom stereocenters. The van der Waals surface area contributed by atoms with Crippen molar-refractivity contribution in [3.63, 3.8) is 0 Å². The zero-order valence-corrected chi connectivity index (χ0v) is 10.9. The molecule has 1 saturated heterocycles. The number of rotatable bonds is 4. The van der Waals surface area contributed by atoms with Crippen molar-refractivity contribution in [2.75, 3.05) is 6.61 Å². The summed E-state index contributed by atoms with van der Waals surface area (Å²) in [6.07, 6.45) is 4.77. The van der Waals surface area contributed by atoms with Crippen LogP contribution in [0.25, 0.3) is 11.4 Å². The Morgan fingerprint density at radius 3 is 3.05 bits per heavy atom. The Hall–Kier alpha value is -2.28. The molecule has 0 saturated carbocycles. The zero-order chi connectivity index (χ0) is 13.8. The van der Waals surface area contributed by atoms with Gasteiger partial charge in [0.15, 0.2) is 5.82 Å². The van der Waals surface area contributed by atoms with E-state index in [0.29, 0.717) is 24.8 Å². The Balaban J connectivity index is 1.59. The summed E-state index contributed by atoms with van der Waals surface area (Å²) in [4.78, 5) is 20.1. The van der Waals surface area contributed by atoms with E-state index in [4.69, 9.17) is 4.74 Å². The van der Waals surface area contributed by atoms with E-state index in [-0.39, 0.29) is 12.0 Å². The second-order valence-corrected chi connectivity index (χ2v) is 4.56. The largest absolute Gasteiger partial charge is 0.368 e. The third-order valence-electron chi connectivity index (χ3n) is 3.12. The SMILES string of the molecule is O=C(NCc1nc(-c2ccncc2)n[nH]1)[C@@H]1CCCO1. The van der Waals surface area contributed by atoms with Crippen LogP contribution in [-0.4, -0.2) is 38.8 Å². The molecule has 2 N–H and O–H groups in total. The highest BCUT2D eigenvalue weighted by molar-refractivity contribution is 5.80. The number of aromatic nitrogens is 4. The molecule has 7 nitrogen and oxygen atoms in total. The number of nitrogens with zero attached hydrogens (tertiary/aromatic N) is 3. The zero-order valence-electron chi connectivity index (χ0n) is 10.9. The van der Waals surface area contributed by atoms with Crippen molar-refractivity contribution in [2.45, 2.75) is 25.5 Å². The molecule has 0 aliphatic carbocycles. The van der Waals surface area contributed by atoms with E-state index < -0.39 is 0 Å². The lowest BCUT2D eigenvalue weighted by atomic mass is 10.2.